The van der Waals surface area contributed by atoms with E-state index in [2.05, 4.69) is 9.36 Å². The van der Waals surface area contributed by atoms with E-state index in [0.29, 0.717) is 5.71 Å². The fraction of sp³-hybridized carbons (Fsp3) is 0. The fourth-order valence-corrected chi connectivity index (χ4v) is 1.35. The van der Waals surface area contributed by atoms with Gasteiger partial charge in [-0.1, -0.05) is 11.5 Å². The lowest BCUT2D eigenvalue weighted by atomic mass is 10.5. The minimum atomic E-state index is 0.652. The van der Waals surface area contributed by atoms with Crippen LogP contribution < -0.4 is 0 Å². The molecule has 1 N–H and O–H groups in total. The van der Waals surface area contributed by atoms with Crippen molar-refractivity contribution in [3.8, 4) is 0 Å². The van der Waals surface area contributed by atoms with Crippen molar-refractivity contribution in [2.24, 2.45) is 0 Å². The van der Waals surface area contributed by atoms with Crippen molar-refractivity contribution in [1.29, 1.82) is 0 Å². The van der Waals surface area contributed by atoms with Crippen molar-refractivity contribution in [3.05, 3.63) is 30.8 Å². The highest BCUT2D eigenvalue weighted by atomic mass is 32.1. The number of aromatic nitrogens is 2. The summed E-state index contributed by atoms with van der Waals surface area (Å²) >= 11 is 1.49. The molecule has 0 saturated heterocycles. The molecule has 3 nitrogen and oxygen atoms in total. The van der Waals surface area contributed by atoms with Crippen LogP contribution >= 0.6 is 11.5 Å². The molecule has 0 aromatic carbocycles. The molecule has 2 aromatic rings. The zero-order chi connectivity index (χ0) is 7.52. The highest BCUT2D eigenvalue weighted by molar-refractivity contribution is 7.12. The van der Waals surface area contributed by atoms with Crippen LogP contribution in [0.4, 0.5) is 0 Å². The number of nitrogens with zero attached hydrogens (tertiary/aromatic N) is 1. The molecule has 0 spiro atoms. The van der Waals surface area contributed by atoms with E-state index in [1.807, 2.05) is 12.1 Å². The topological polar surface area (TPSA) is 41.8 Å². The number of pyridine rings is 1. The maximum absolute atomic E-state index is 5.17. The number of rotatable bonds is 0. The summed E-state index contributed by atoms with van der Waals surface area (Å²) in [6, 6.07) is 3.83. The molecule has 0 aliphatic carbocycles. The van der Waals surface area contributed by atoms with Gasteiger partial charge in [0.1, 0.15) is 11.0 Å². The van der Waals surface area contributed by atoms with Gasteiger partial charge in [0.15, 0.2) is 0 Å². The summed E-state index contributed by atoms with van der Waals surface area (Å²) < 4.78 is 9.15. The average molecular weight is 166 g/mol. The molecular formula is C7H6N2OS. The van der Waals surface area contributed by atoms with Crippen molar-refractivity contribution in [2.75, 3.05) is 0 Å². The first kappa shape index (κ1) is 6.42. The molecule has 0 atom stereocenters. The number of aromatic amines is 1. The first-order valence-electron chi connectivity index (χ1n) is 3.16. The summed E-state index contributed by atoms with van der Waals surface area (Å²) in [5.41, 5.74) is 0.652. The van der Waals surface area contributed by atoms with Gasteiger partial charge in [-0.25, -0.2) is 4.98 Å². The Morgan fingerprint density at radius 1 is 1.55 bits per heavy atom. The largest absolute Gasteiger partial charge is 0.444 e. The summed E-state index contributed by atoms with van der Waals surface area (Å²) in [5.74, 6) is 0. The van der Waals surface area contributed by atoms with E-state index >= 15 is 0 Å². The Balaban J connectivity index is 2.90. The van der Waals surface area contributed by atoms with Crippen molar-refractivity contribution >= 4 is 21.9 Å². The normalized spacial score (nSPS) is 9.82. The van der Waals surface area contributed by atoms with Crippen LogP contribution in [0, 0.1) is 0 Å². The Hall–Kier alpha value is -1.29. The van der Waals surface area contributed by atoms with Crippen molar-refractivity contribution in [1.82, 2.24) is 9.36 Å². The molecule has 2 heterocycles. The van der Waals surface area contributed by atoms with Crippen LogP contribution in [0.2, 0.25) is 0 Å². The molecule has 0 radical (unpaired) electrons. The molecule has 0 unspecified atom stereocenters. The van der Waals surface area contributed by atoms with Crippen LogP contribution in [-0.2, 0) is 0 Å². The Kier molecular flexibility index (Phi) is 1.61. The maximum Gasteiger partial charge on any atom is 0.237 e. The number of fused-ring (bicyclic) bond motifs is 1. The molecule has 0 amide bonds. The van der Waals surface area contributed by atoms with Crippen LogP contribution in [0.5, 0.6) is 0 Å². The van der Waals surface area contributed by atoms with Crippen molar-refractivity contribution in [3.63, 3.8) is 0 Å². The molecule has 4 heteroatoms. The zero-order valence-corrected chi connectivity index (χ0v) is 6.47. The summed E-state index contributed by atoms with van der Waals surface area (Å²) in [6.07, 6.45) is 5.01. The summed E-state index contributed by atoms with van der Waals surface area (Å²) in [7, 11) is 0. The van der Waals surface area contributed by atoms with E-state index in [4.69, 9.17) is 4.42 Å². The Bertz CT molecular complexity index is 350. The molecule has 56 valence electrons. The molecule has 0 saturated carbocycles. The SMILES string of the molecule is c1cnc2occ[nH]sc2c1. The van der Waals surface area contributed by atoms with E-state index in [-0.39, 0.29) is 0 Å². The van der Waals surface area contributed by atoms with Crippen LogP contribution in [0.1, 0.15) is 0 Å². The summed E-state index contributed by atoms with van der Waals surface area (Å²) in [4.78, 5) is 4.04. The standard InChI is InChI=1S/C7H6N2OS/c1-2-6-7(8-3-1)10-5-4-9-11-6/h1-5,9H. The fourth-order valence-electron chi connectivity index (χ4n) is 0.766. The van der Waals surface area contributed by atoms with Gasteiger partial charge in [0, 0.05) is 12.4 Å². The second-order valence-corrected chi connectivity index (χ2v) is 2.83. The van der Waals surface area contributed by atoms with E-state index in [1.165, 1.54) is 11.5 Å². The highest BCUT2D eigenvalue weighted by Crippen LogP contribution is 2.10. The average Bonchev–Trinajstić information content (AvgIpc) is 2.28. The second kappa shape index (κ2) is 2.75. The number of hydrogen-bond donors (Lipinski definition) is 1. The first-order valence-corrected chi connectivity index (χ1v) is 3.97. The smallest absolute Gasteiger partial charge is 0.237 e. The van der Waals surface area contributed by atoms with Crippen LogP contribution in [0.15, 0.2) is 35.2 Å². The minimum absolute atomic E-state index is 0.652. The number of H-pyrrole nitrogens is 1. The van der Waals surface area contributed by atoms with Crippen molar-refractivity contribution < 1.29 is 4.42 Å². The monoisotopic (exact) mass is 166 g/mol. The first-order chi connectivity index (χ1) is 5.47. The van der Waals surface area contributed by atoms with Gasteiger partial charge in [0.25, 0.3) is 0 Å². The number of nitrogens with one attached hydrogen (secondary N) is 1. The van der Waals surface area contributed by atoms with Crippen LogP contribution in [0.3, 0.4) is 0 Å². The Morgan fingerprint density at radius 3 is 3.55 bits per heavy atom. The molecule has 0 aliphatic heterocycles. The van der Waals surface area contributed by atoms with E-state index in [9.17, 15) is 0 Å². The highest BCUT2D eigenvalue weighted by Gasteiger charge is 1.89. The third-order valence-corrected chi connectivity index (χ3v) is 2.01. The van der Waals surface area contributed by atoms with Gasteiger partial charge < -0.3 is 8.79 Å². The van der Waals surface area contributed by atoms with Crippen molar-refractivity contribution in [2.45, 2.75) is 0 Å². The second-order valence-electron chi connectivity index (χ2n) is 1.95. The molecule has 0 bridgehead atoms. The molecule has 11 heavy (non-hydrogen) atoms. The van der Waals surface area contributed by atoms with Crippen LogP contribution in [-0.4, -0.2) is 9.36 Å². The minimum Gasteiger partial charge on any atom is -0.444 e. The lowest BCUT2D eigenvalue weighted by molar-refractivity contribution is 0.593. The Labute approximate surface area is 67.2 Å². The lowest BCUT2D eigenvalue weighted by Gasteiger charge is -1.84. The third-order valence-electron chi connectivity index (χ3n) is 1.22. The van der Waals surface area contributed by atoms with Gasteiger partial charge >= 0.3 is 0 Å². The zero-order valence-electron chi connectivity index (χ0n) is 5.65. The van der Waals surface area contributed by atoms with Gasteiger partial charge in [-0.05, 0) is 12.1 Å². The summed E-state index contributed by atoms with van der Waals surface area (Å²) in [6.45, 7) is 0. The van der Waals surface area contributed by atoms with Gasteiger partial charge in [0.05, 0.1) is 0 Å². The molecule has 0 aliphatic rings. The predicted octanol–water partition coefficient (Wildman–Crippen LogP) is 2.34. The molecule has 2 aromatic heterocycles. The van der Waals surface area contributed by atoms with E-state index < -0.39 is 0 Å². The van der Waals surface area contributed by atoms with Gasteiger partial charge in [-0.15, -0.1) is 0 Å². The Morgan fingerprint density at radius 2 is 2.55 bits per heavy atom. The summed E-state index contributed by atoms with van der Waals surface area (Å²) in [5, 5.41) is 0. The van der Waals surface area contributed by atoms with E-state index in [0.717, 1.165) is 4.70 Å². The van der Waals surface area contributed by atoms with Gasteiger partial charge in [-0.3, -0.25) is 0 Å². The lowest BCUT2D eigenvalue weighted by Crippen LogP contribution is -1.68. The molecular weight excluding hydrogens is 160 g/mol. The molecule has 0 fully saturated rings. The maximum atomic E-state index is 5.17. The third kappa shape index (κ3) is 1.25. The van der Waals surface area contributed by atoms with E-state index in [1.54, 1.807) is 18.7 Å². The van der Waals surface area contributed by atoms with Crippen LogP contribution in [0.25, 0.3) is 10.4 Å². The molecule has 2 rings (SSSR count). The van der Waals surface area contributed by atoms with Gasteiger partial charge in [-0.2, -0.15) is 0 Å². The predicted molar refractivity (Wildman–Crippen MR) is 43.9 cm³/mol. The quantitative estimate of drug-likeness (QED) is 0.652. The van der Waals surface area contributed by atoms with Gasteiger partial charge in [0.2, 0.25) is 5.71 Å². The number of hydrogen-bond acceptors (Lipinski definition) is 3.